The van der Waals surface area contributed by atoms with Crippen molar-refractivity contribution in [3.8, 4) is 0 Å². The normalized spacial score (nSPS) is 16.0. The summed E-state index contributed by atoms with van der Waals surface area (Å²) in [6, 6.07) is 6.85. The van der Waals surface area contributed by atoms with E-state index in [-0.39, 0.29) is 22.7 Å². The summed E-state index contributed by atoms with van der Waals surface area (Å²) >= 11 is 0. The van der Waals surface area contributed by atoms with Gasteiger partial charge in [0, 0.05) is 42.6 Å². The first-order chi connectivity index (χ1) is 11.7. The molecule has 0 radical (unpaired) electrons. The maximum absolute atomic E-state index is 13.7. The van der Waals surface area contributed by atoms with Crippen molar-refractivity contribution in [2.45, 2.75) is 39.3 Å². The lowest BCUT2D eigenvalue weighted by Crippen LogP contribution is -2.49. The van der Waals surface area contributed by atoms with E-state index >= 15 is 0 Å². The standard InChI is InChI=1S/C19H23F2N3O/c1-19(2,3)17-6-7-18(25)24(22-17)11-13-9-23(10-13)12-14-8-15(20)4-5-16(14)21/h4-8,13H,9-12H2,1-3H3. The molecule has 0 amide bonds. The Hall–Kier alpha value is -2.08. The average Bonchev–Trinajstić information content (AvgIpc) is 2.49. The maximum Gasteiger partial charge on any atom is 0.266 e. The number of hydrogen-bond donors (Lipinski definition) is 0. The molecular weight excluding hydrogens is 324 g/mol. The predicted octanol–water partition coefficient (Wildman–Crippen LogP) is 2.95. The van der Waals surface area contributed by atoms with Gasteiger partial charge in [0.05, 0.1) is 12.2 Å². The first kappa shape index (κ1) is 17.7. The molecule has 4 nitrogen and oxygen atoms in total. The molecule has 2 heterocycles. The molecule has 1 saturated heterocycles. The molecule has 1 aromatic carbocycles. The molecule has 0 bridgehead atoms. The number of rotatable bonds is 4. The van der Waals surface area contributed by atoms with Crippen LogP contribution >= 0.6 is 0 Å². The molecule has 0 unspecified atom stereocenters. The van der Waals surface area contributed by atoms with Crippen molar-refractivity contribution in [3.63, 3.8) is 0 Å². The third-order valence-electron chi connectivity index (χ3n) is 4.50. The molecule has 1 aliphatic rings. The molecule has 1 aliphatic heterocycles. The van der Waals surface area contributed by atoms with Crippen LogP contribution in [0.5, 0.6) is 0 Å². The van der Waals surface area contributed by atoms with Gasteiger partial charge in [-0.25, -0.2) is 13.5 Å². The van der Waals surface area contributed by atoms with Crippen molar-refractivity contribution in [3.05, 3.63) is 63.6 Å². The van der Waals surface area contributed by atoms with E-state index in [1.54, 1.807) is 12.1 Å². The van der Waals surface area contributed by atoms with Crippen molar-refractivity contribution in [1.29, 1.82) is 0 Å². The van der Waals surface area contributed by atoms with Crippen molar-refractivity contribution in [2.24, 2.45) is 5.92 Å². The predicted molar refractivity (Wildman–Crippen MR) is 92.3 cm³/mol. The summed E-state index contributed by atoms with van der Waals surface area (Å²) in [5, 5.41) is 4.48. The molecule has 0 spiro atoms. The van der Waals surface area contributed by atoms with Crippen molar-refractivity contribution >= 4 is 0 Å². The van der Waals surface area contributed by atoms with E-state index in [9.17, 15) is 13.6 Å². The van der Waals surface area contributed by atoms with Crippen LogP contribution in [0, 0.1) is 17.6 Å². The second-order valence-corrected chi connectivity index (χ2v) is 7.78. The molecule has 134 valence electrons. The van der Waals surface area contributed by atoms with Gasteiger partial charge in [-0.2, -0.15) is 5.10 Å². The minimum Gasteiger partial charge on any atom is -0.298 e. The SMILES string of the molecule is CC(C)(C)c1ccc(=O)n(CC2CN(Cc3cc(F)ccc3F)C2)n1. The molecule has 0 N–H and O–H groups in total. The molecule has 3 rings (SSSR count). The van der Waals surface area contributed by atoms with E-state index in [4.69, 9.17) is 0 Å². The second-order valence-electron chi connectivity index (χ2n) is 7.78. The highest BCUT2D eigenvalue weighted by Gasteiger charge is 2.28. The Bertz CT molecular complexity index is 820. The molecule has 6 heteroatoms. The highest BCUT2D eigenvalue weighted by atomic mass is 19.1. The van der Waals surface area contributed by atoms with Gasteiger partial charge in [-0.3, -0.25) is 9.69 Å². The van der Waals surface area contributed by atoms with E-state index in [1.807, 2.05) is 4.90 Å². The van der Waals surface area contributed by atoms with Gasteiger partial charge in [-0.05, 0) is 24.3 Å². The van der Waals surface area contributed by atoms with Crippen LogP contribution in [0.15, 0.2) is 35.1 Å². The van der Waals surface area contributed by atoms with Crippen LogP contribution in [0.2, 0.25) is 0 Å². The average molecular weight is 347 g/mol. The zero-order valence-corrected chi connectivity index (χ0v) is 14.8. The first-order valence-corrected chi connectivity index (χ1v) is 8.47. The minimum atomic E-state index is -0.428. The van der Waals surface area contributed by atoms with Crippen LogP contribution in [-0.4, -0.2) is 27.8 Å². The number of hydrogen-bond acceptors (Lipinski definition) is 3. The molecule has 2 aromatic rings. The number of likely N-dealkylation sites (tertiary alicyclic amines) is 1. The first-order valence-electron chi connectivity index (χ1n) is 8.47. The number of halogens is 2. The third kappa shape index (κ3) is 4.12. The Kier molecular flexibility index (Phi) is 4.73. The van der Waals surface area contributed by atoms with Crippen LogP contribution in [-0.2, 0) is 18.5 Å². The van der Waals surface area contributed by atoms with Gasteiger partial charge in [0.2, 0.25) is 0 Å². The fourth-order valence-electron chi connectivity index (χ4n) is 3.05. The van der Waals surface area contributed by atoms with Crippen LogP contribution < -0.4 is 5.56 Å². The van der Waals surface area contributed by atoms with Crippen LogP contribution in [0.1, 0.15) is 32.0 Å². The quantitative estimate of drug-likeness (QED) is 0.853. The zero-order valence-electron chi connectivity index (χ0n) is 14.8. The fourth-order valence-corrected chi connectivity index (χ4v) is 3.05. The summed E-state index contributed by atoms with van der Waals surface area (Å²) in [6.07, 6.45) is 0. The summed E-state index contributed by atoms with van der Waals surface area (Å²) in [7, 11) is 0. The minimum absolute atomic E-state index is 0.109. The lowest BCUT2D eigenvalue weighted by molar-refractivity contribution is 0.0751. The van der Waals surface area contributed by atoms with Crippen LogP contribution in [0.4, 0.5) is 8.78 Å². The smallest absolute Gasteiger partial charge is 0.266 e. The molecule has 0 atom stereocenters. The fraction of sp³-hybridized carbons (Fsp3) is 0.474. The molecular formula is C19H23F2N3O. The Morgan fingerprint density at radius 2 is 1.88 bits per heavy atom. The summed E-state index contributed by atoms with van der Waals surface area (Å²) in [6.45, 7) is 8.58. The summed E-state index contributed by atoms with van der Waals surface area (Å²) in [5.74, 6) is -0.527. The third-order valence-corrected chi connectivity index (χ3v) is 4.50. The van der Waals surface area contributed by atoms with E-state index in [0.717, 1.165) is 30.9 Å². The van der Waals surface area contributed by atoms with Crippen molar-refractivity contribution in [2.75, 3.05) is 13.1 Å². The van der Waals surface area contributed by atoms with Crippen molar-refractivity contribution < 1.29 is 8.78 Å². The monoisotopic (exact) mass is 347 g/mol. The Morgan fingerprint density at radius 3 is 2.56 bits per heavy atom. The molecule has 0 aliphatic carbocycles. The molecule has 1 fully saturated rings. The van der Waals surface area contributed by atoms with Gasteiger partial charge in [0.15, 0.2) is 0 Å². The number of nitrogens with zero attached hydrogens (tertiary/aromatic N) is 3. The Morgan fingerprint density at radius 1 is 1.16 bits per heavy atom. The highest BCUT2D eigenvalue weighted by Crippen LogP contribution is 2.22. The summed E-state index contributed by atoms with van der Waals surface area (Å²) in [4.78, 5) is 14.1. The van der Waals surface area contributed by atoms with Gasteiger partial charge < -0.3 is 0 Å². The molecule has 0 saturated carbocycles. The highest BCUT2D eigenvalue weighted by molar-refractivity contribution is 5.19. The van der Waals surface area contributed by atoms with E-state index in [1.165, 1.54) is 10.7 Å². The van der Waals surface area contributed by atoms with Gasteiger partial charge in [-0.1, -0.05) is 20.8 Å². The Balaban J connectivity index is 1.61. The number of aromatic nitrogens is 2. The Labute approximate surface area is 146 Å². The topological polar surface area (TPSA) is 38.1 Å². The van der Waals surface area contributed by atoms with E-state index < -0.39 is 5.82 Å². The van der Waals surface area contributed by atoms with Crippen LogP contribution in [0.25, 0.3) is 0 Å². The molecule has 1 aromatic heterocycles. The van der Waals surface area contributed by atoms with Gasteiger partial charge in [-0.15, -0.1) is 0 Å². The largest absolute Gasteiger partial charge is 0.298 e. The maximum atomic E-state index is 13.7. The lowest BCUT2D eigenvalue weighted by atomic mass is 9.92. The number of benzene rings is 1. The second kappa shape index (κ2) is 6.67. The van der Waals surface area contributed by atoms with E-state index in [0.29, 0.717) is 18.7 Å². The van der Waals surface area contributed by atoms with Gasteiger partial charge in [0.25, 0.3) is 5.56 Å². The van der Waals surface area contributed by atoms with Gasteiger partial charge in [0.1, 0.15) is 11.6 Å². The lowest BCUT2D eigenvalue weighted by Gasteiger charge is -2.39. The molecule has 25 heavy (non-hydrogen) atoms. The zero-order chi connectivity index (χ0) is 18.2. The van der Waals surface area contributed by atoms with Crippen LogP contribution in [0.3, 0.4) is 0 Å². The van der Waals surface area contributed by atoms with E-state index in [2.05, 4.69) is 25.9 Å². The van der Waals surface area contributed by atoms with Crippen molar-refractivity contribution in [1.82, 2.24) is 14.7 Å². The summed E-state index contributed by atoms with van der Waals surface area (Å²) in [5.41, 5.74) is 1.02. The van der Waals surface area contributed by atoms with Gasteiger partial charge >= 0.3 is 0 Å². The summed E-state index contributed by atoms with van der Waals surface area (Å²) < 4.78 is 28.4.